The SMILES string of the molecule is CCN1CCCCCCCC(NC(=O)c2cc3nnn(C)c3cc2OC)C1. The molecule has 7 heteroatoms. The van der Waals surface area contributed by atoms with Crippen molar-refractivity contribution < 1.29 is 9.53 Å². The summed E-state index contributed by atoms with van der Waals surface area (Å²) in [5, 5.41) is 11.4. The molecule has 1 unspecified atom stereocenters. The highest BCUT2D eigenvalue weighted by atomic mass is 16.5. The molecule has 1 amide bonds. The summed E-state index contributed by atoms with van der Waals surface area (Å²) in [7, 11) is 3.41. The first-order chi connectivity index (χ1) is 13.1. The van der Waals surface area contributed by atoms with Gasteiger partial charge in [0.2, 0.25) is 0 Å². The van der Waals surface area contributed by atoms with Gasteiger partial charge in [0.15, 0.2) is 0 Å². The van der Waals surface area contributed by atoms with Gasteiger partial charge in [0.25, 0.3) is 5.91 Å². The Morgan fingerprint density at radius 3 is 2.81 bits per heavy atom. The normalized spacial score (nSPS) is 19.7. The first kappa shape index (κ1) is 19.6. The molecule has 7 nitrogen and oxygen atoms in total. The van der Waals surface area contributed by atoms with Crippen LogP contribution in [0.5, 0.6) is 5.75 Å². The lowest BCUT2D eigenvalue weighted by molar-refractivity contribution is 0.0917. The lowest BCUT2D eigenvalue weighted by Crippen LogP contribution is -2.44. The second-order valence-corrected chi connectivity index (χ2v) is 7.37. The number of nitrogens with zero attached hydrogens (tertiary/aromatic N) is 4. The predicted molar refractivity (Wildman–Crippen MR) is 106 cm³/mol. The second kappa shape index (κ2) is 9.17. The van der Waals surface area contributed by atoms with Gasteiger partial charge < -0.3 is 15.0 Å². The fourth-order valence-electron chi connectivity index (χ4n) is 3.83. The second-order valence-electron chi connectivity index (χ2n) is 7.37. The Kier molecular flexibility index (Phi) is 6.66. The number of carbonyl (C=O) groups excluding carboxylic acids is 1. The van der Waals surface area contributed by atoms with Crippen molar-refractivity contribution in [3.8, 4) is 5.75 Å². The maximum absolute atomic E-state index is 13.0. The Bertz CT molecular complexity index is 773. The summed E-state index contributed by atoms with van der Waals surface area (Å²) in [5.41, 5.74) is 2.06. The summed E-state index contributed by atoms with van der Waals surface area (Å²) in [5.74, 6) is 0.454. The number of aromatic nitrogens is 3. The topological polar surface area (TPSA) is 72.3 Å². The van der Waals surface area contributed by atoms with E-state index >= 15 is 0 Å². The van der Waals surface area contributed by atoms with Gasteiger partial charge in [-0.15, -0.1) is 5.10 Å². The van der Waals surface area contributed by atoms with E-state index in [1.54, 1.807) is 17.9 Å². The number of benzene rings is 1. The summed E-state index contributed by atoms with van der Waals surface area (Å²) < 4.78 is 7.15. The summed E-state index contributed by atoms with van der Waals surface area (Å²) in [6, 6.07) is 3.75. The number of likely N-dealkylation sites (N-methyl/N-ethyl adjacent to an activating group) is 1. The largest absolute Gasteiger partial charge is 0.496 e. The minimum Gasteiger partial charge on any atom is -0.496 e. The molecular weight excluding hydrogens is 342 g/mol. The van der Waals surface area contributed by atoms with Crippen LogP contribution in [0.15, 0.2) is 12.1 Å². The molecule has 1 aromatic heterocycles. The molecule has 1 atom stereocenters. The molecule has 0 saturated carbocycles. The molecule has 1 saturated heterocycles. The zero-order chi connectivity index (χ0) is 19.2. The van der Waals surface area contributed by atoms with Gasteiger partial charge >= 0.3 is 0 Å². The first-order valence-electron chi connectivity index (χ1n) is 10.0. The molecule has 2 aromatic rings. The van der Waals surface area contributed by atoms with E-state index in [0.29, 0.717) is 16.8 Å². The molecule has 0 spiro atoms. The van der Waals surface area contributed by atoms with Gasteiger partial charge in [-0.1, -0.05) is 37.8 Å². The molecule has 148 valence electrons. The summed E-state index contributed by atoms with van der Waals surface area (Å²) in [4.78, 5) is 15.5. The lowest BCUT2D eigenvalue weighted by atomic mass is 10.0. The van der Waals surface area contributed by atoms with E-state index < -0.39 is 0 Å². The van der Waals surface area contributed by atoms with E-state index in [4.69, 9.17) is 4.74 Å². The van der Waals surface area contributed by atoms with Crippen LogP contribution in [-0.4, -0.2) is 58.6 Å². The highest BCUT2D eigenvalue weighted by Crippen LogP contribution is 2.25. The summed E-state index contributed by atoms with van der Waals surface area (Å²) in [6.45, 7) is 5.21. The Morgan fingerprint density at radius 1 is 1.26 bits per heavy atom. The highest BCUT2D eigenvalue weighted by Gasteiger charge is 2.21. The summed E-state index contributed by atoms with van der Waals surface area (Å²) >= 11 is 0. The van der Waals surface area contributed by atoms with E-state index in [2.05, 4.69) is 27.5 Å². The number of carbonyl (C=O) groups is 1. The number of methoxy groups -OCH3 is 1. The molecule has 0 bridgehead atoms. The van der Waals surface area contributed by atoms with Gasteiger partial charge in [0.05, 0.1) is 18.2 Å². The number of hydrogen-bond donors (Lipinski definition) is 1. The standard InChI is InChI=1S/C20H31N5O2/c1-4-25-11-9-7-5-6-8-10-15(14-25)21-20(26)16-12-17-18(13-19(16)27-3)24(2)23-22-17/h12-13,15H,4-11,14H2,1-3H3,(H,21,26). The number of ether oxygens (including phenoxy) is 1. The molecule has 3 rings (SSSR count). The highest BCUT2D eigenvalue weighted by molar-refractivity contribution is 6.00. The molecule has 0 aliphatic carbocycles. The van der Waals surface area contributed by atoms with Crippen molar-refractivity contribution in [2.75, 3.05) is 26.7 Å². The summed E-state index contributed by atoms with van der Waals surface area (Å²) in [6.07, 6.45) is 7.25. The van der Waals surface area contributed by atoms with E-state index in [1.807, 2.05) is 13.1 Å². The van der Waals surface area contributed by atoms with Crippen LogP contribution in [0.4, 0.5) is 0 Å². The van der Waals surface area contributed by atoms with Crippen molar-refractivity contribution in [2.45, 2.75) is 51.5 Å². The number of fused-ring (bicyclic) bond motifs is 1. The van der Waals surface area contributed by atoms with Crippen molar-refractivity contribution >= 4 is 16.9 Å². The Hall–Kier alpha value is -2.15. The van der Waals surface area contributed by atoms with Crippen LogP contribution in [0.1, 0.15) is 55.8 Å². The number of nitrogens with one attached hydrogen (secondary N) is 1. The van der Waals surface area contributed by atoms with E-state index in [1.165, 1.54) is 25.7 Å². The van der Waals surface area contributed by atoms with Crippen LogP contribution in [0.25, 0.3) is 11.0 Å². The first-order valence-corrected chi connectivity index (χ1v) is 10.0. The van der Waals surface area contributed by atoms with Crippen molar-refractivity contribution in [1.82, 2.24) is 25.2 Å². The molecule has 1 aliphatic heterocycles. The molecule has 1 aliphatic rings. The monoisotopic (exact) mass is 373 g/mol. The Balaban J connectivity index is 1.78. The third-order valence-corrected chi connectivity index (χ3v) is 5.46. The third-order valence-electron chi connectivity index (χ3n) is 5.46. The number of amides is 1. The van der Waals surface area contributed by atoms with Crippen LogP contribution in [0, 0.1) is 0 Å². The average Bonchev–Trinajstić information content (AvgIpc) is 3.05. The molecule has 1 fully saturated rings. The maximum Gasteiger partial charge on any atom is 0.255 e. The fraction of sp³-hybridized carbons (Fsp3) is 0.650. The fourth-order valence-corrected chi connectivity index (χ4v) is 3.83. The number of aryl methyl sites for hydroxylation is 1. The number of rotatable bonds is 4. The van der Waals surface area contributed by atoms with Crippen molar-refractivity contribution in [1.29, 1.82) is 0 Å². The molecular formula is C20H31N5O2. The van der Waals surface area contributed by atoms with E-state index in [9.17, 15) is 4.79 Å². The predicted octanol–water partition coefficient (Wildman–Crippen LogP) is 2.75. The van der Waals surface area contributed by atoms with Crippen LogP contribution in [0.3, 0.4) is 0 Å². The smallest absolute Gasteiger partial charge is 0.255 e. The number of hydrogen-bond acceptors (Lipinski definition) is 5. The van der Waals surface area contributed by atoms with E-state index in [-0.39, 0.29) is 11.9 Å². The zero-order valence-corrected chi connectivity index (χ0v) is 16.7. The van der Waals surface area contributed by atoms with Gasteiger partial charge in [-0.25, -0.2) is 4.68 Å². The van der Waals surface area contributed by atoms with Crippen LogP contribution >= 0.6 is 0 Å². The minimum atomic E-state index is -0.0995. The quantitative estimate of drug-likeness (QED) is 0.892. The van der Waals surface area contributed by atoms with Gasteiger partial charge in [0.1, 0.15) is 11.3 Å². The van der Waals surface area contributed by atoms with Gasteiger partial charge in [-0.05, 0) is 32.0 Å². The maximum atomic E-state index is 13.0. The molecule has 2 heterocycles. The lowest BCUT2D eigenvalue weighted by Gasteiger charge is -2.28. The van der Waals surface area contributed by atoms with E-state index in [0.717, 1.165) is 38.0 Å². The van der Waals surface area contributed by atoms with Crippen molar-refractivity contribution in [3.05, 3.63) is 17.7 Å². The Labute approximate surface area is 161 Å². The molecule has 1 N–H and O–H groups in total. The van der Waals surface area contributed by atoms with Gasteiger partial charge in [-0.2, -0.15) is 0 Å². The molecule has 0 radical (unpaired) electrons. The van der Waals surface area contributed by atoms with Crippen molar-refractivity contribution in [2.24, 2.45) is 7.05 Å². The molecule has 27 heavy (non-hydrogen) atoms. The average molecular weight is 374 g/mol. The third kappa shape index (κ3) is 4.77. The van der Waals surface area contributed by atoms with Crippen LogP contribution < -0.4 is 10.1 Å². The van der Waals surface area contributed by atoms with Crippen molar-refractivity contribution in [3.63, 3.8) is 0 Å². The van der Waals surface area contributed by atoms with Crippen LogP contribution in [-0.2, 0) is 7.05 Å². The zero-order valence-electron chi connectivity index (χ0n) is 16.7. The van der Waals surface area contributed by atoms with Gasteiger partial charge in [-0.3, -0.25) is 4.79 Å². The van der Waals surface area contributed by atoms with Crippen LogP contribution in [0.2, 0.25) is 0 Å². The Morgan fingerprint density at radius 2 is 2.04 bits per heavy atom. The minimum absolute atomic E-state index is 0.0995. The molecule has 1 aromatic carbocycles. The van der Waals surface area contributed by atoms with Gasteiger partial charge in [0, 0.05) is 25.7 Å².